The first-order chi connectivity index (χ1) is 14.1. The van der Waals surface area contributed by atoms with Gasteiger partial charge in [0.15, 0.2) is 0 Å². The van der Waals surface area contributed by atoms with Crippen LogP contribution in [0.5, 0.6) is 0 Å². The van der Waals surface area contributed by atoms with Crippen LogP contribution in [0.25, 0.3) is 0 Å². The number of allylic oxidation sites excluding steroid dienone is 2. The van der Waals surface area contributed by atoms with Crippen LogP contribution >= 0.6 is 0 Å². The third kappa shape index (κ3) is 2.56. The Morgan fingerprint density at radius 3 is 2.43 bits per heavy atom. The topological polar surface area (TPSA) is 29.5 Å². The van der Waals surface area contributed by atoms with Crippen molar-refractivity contribution in [3.05, 3.63) is 24.3 Å². The van der Waals surface area contributed by atoms with Crippen molar-refractivity contribution >= 4 is 0 Å². The predicted octanol–water partition coefficient (Wildman–Crippen LogP) is 6.54. The minimum atomic E-state index is -0.211. The van der Waals surface area contributed by atoms with Crippen molar-refractivity contribution < 1.29 is 9.84 Å². The number of ether oxygens (including phenoxy) is 1. The quantitative estimate of drug-likeness (QED) is 0.531. The largest absolute Gasteiger partial charge is 0.393 e. The van der Waals surface area contributed by atoms with Crippen molar-refractivity contribution in [3.63, 3.8) is 0 Å². The lowest BCUT2D eigenvalue weighted by Crippen LogP contribution is -2.56. The lowest BCUT2D eigenvalue weighted by Gasteiger charge is -2.56. The van der Waals surface area contributed by atoms with Gasteiger partial charge in [-0.3, -0.25) is 0 Å². The van der Waals surface area contributed by atoms with Crippen LogP contribution in [0.2, 0.25) is 0 Å². The summed E-state index contributed by atoms with van der Waals surface area (Å²) < 4.78 is 7.18. The van der Waals surface area contributed by atoms with E-state index in [0.717, 1.165) is 25.2 Å². The SMILES string of the molecule is CC(/C=C/[C@H](C)C(C)C)[C@H]1CC[C@@H]2[C@]1(C)CC[C@H]1[C@]23C=C[C@]2(C[C@@H](O)CC[C@]12C)O3. The molecule has 0 aromatic heterocycles. The number of hydrogen-bond acceptors (Lipinski definition) is 2. The van der Waals surface area contributed by atoms with Crippen LogP contribution in [-0.2, 0) is 4.74 Å². The van der Waals surface area contributed by atoms with Gasteiger partial charge in [-0.15, -0.1) is 0 Å². The van der Waals surface area contributed by atoms with Crippen LogP contribution in [0, 0.1) is 46.3 Å². The average molecular weight is 413 g/mol. The second kappa shape index (κ2) is 6.70. The Morgan fingerprint density at radius 1 is 0.933 bits per heavy atom. The number of aliphatic hydroxyl groups is 1. The number of fused-ring (bicyclic) bond motifs is 2. The summed E-state index contributed by atoms with van der Waals surface area (Å²) in [5.74, 6) is 4.00. The van der Waals surface area contributed by atoms with Crippen LogP contribution in [0.4, 0.5) is 0 Å². The van der Waals surface area contributed by atoms with Gasteiger partial charge in [0, 0.05) is 17.8 Å². The maximum absolute atomic E-state index is 10.5. The number of aliphatic hydroxyl groups excluding tert-OH is 1. The number of rotatable bonds is 4. The van der Waals surface area contributed by atoms with Crippen molar-refractivity contribution in [2.24, 2.45) is 46.3 Å². The van der Waals surface area contributed by atoms with Crippen molar-refractivity contribution in [1.82, 2.24) is 0 Å². The molecule has 3 aliphatic carbocycles. The zero-order valence-corrected chi connectivity index (χ0v) is 20.2. The van der Waals surface area contributed by atoms with E-state index in [1.807, 2.05) is 0 Å². The van der Waals surface area contributed by atoms with E-state index in [0.29, 0.717) is 35.0 Å². The molecule has 1 unspecified atom stereocenters. The molecule has 10 atom stereocenters. The van der Waals surface area contributed by atoms with E-state index in [-0.39, 0.29) is 22.7 Å². The van der Waals surface area contributed by atoms with Crippen LogP contribution in [-0.4, -0.2) is 22.4 Å². The molecule has 2 spiro atoms. The van der Waals surface area contributed by atoms with E-state index in [4.69, 9.17) is 4.74 Å². The molecule has 2 heteroatoms. The van der Waals surface area contributed by atoms with E-state index in [1.165, 1.54) is 25.7 Å². The van der Waals surface area contributed by atoms with Crippen LogP contribution < -0.4 is 0 Å². The molecular weight excluding hydrogens is 368 g/mol. The highest BCUT2D eigenvalue weighted by atomic mass is 16.5. The normalized spacial score (nSPS) is 53.7. The van der Waals surface area contributed by atoms with Crippen molar-refractivity contribution in [1.29, 1.82) is 0 Å². The van der Waals surface area contributed by atoms with E-state index >= 15 is 0 Å². The third-order valence-electron chi connectivity index (χ3n) is 11.1. The van der Waals surface area contributed by atoms with E-state index in [1.54, 1.807) is 0 Å². The summed E-state index contributed by atoms with van der Waals surface area (Å²) in [7, 11) is 0. The molecule has 1 N–H and O–H groups in total. The Hall–Kier alpha value is -0.600. The molecule has 4 fully saturated rings. The van der Waals surface area contributed by atoms with Crippen LogP contribution in [0.1, 0.15) is 86.5 Å². The lowest BCUT2D eigenvalue weighted by molar-refractivity contribution is -0.142. The molecular formula is C28H44O2. The second-order valence-electron chi connectivity index (χ2n) is 12.7. The summed E-state index contributed by atoms with van der Waals surface area (Å²) >= 11 is 0. The Labute approximate surface area is 184 Å². The third-order valence-corrected chi connectivity index (χ3v) is 11.1. The van der Waals surface area contributed by atoms with Gasteiger partial charge in [0.05, 0.1) is 17.3 Å². The molecule has 1 saturated heterocycles. The molecule has 2 aliphatic heterocycles. The highest BCUT2D eigenvalue weighted by Crippen LogP contribution is 2.75. The standard InChI is InChI=1S/C28H44O2/c1-18(2)19(3)7-8-20(4)22-9-10-23-25(22,5)13-12-24-26(6)14-11-21(29)17-27(26)15-16-28(23,24)30-27/h7-8,15-16,18-24,29H,9-14,17H2,1-6H3/b8-7+/t19-,20?,21-,22+,23+,24+,25+,26+,27+,28-/m0/s1. The Balaban J connectivity index is 1.44. The minimum absolute atomic E-state index is 0.0742. The van der Waals surface area contributed by atoms with Crippen LogP contribution in [0.15, 0.2) is 24.3 Å². The molecule has 5 rings (SSSR count). The molecule has 0 radical (unpaired) electrons. The van der Waals surface area contributed by atoms with Gasteiger partial charge in [0.1, 0.15) is 0 Å². The highest BCUT2D eigenvalue weighted by Gasteiger charge is 2.76. The molecule has 2 bridgehead atoms. The van der Waals surface area contributed by atoms with Gasteiger partial charge in [0.25, 0.3) is 0 Å². The molecule has 0 amide bonds. The molecule has 3 saturated carbocycles. The smallest absolute Gasteiger partial charge is 0.0957 e. The molecule has 2 heterocycles. The van der Waals surface area contributed by atoms with Crippen molar-refractivity contribution in [3.8, 4) is 0 Å². The van der Waals surface area contributed by atoms with Crippen molar-refractivity contribution in [2.45, 2.75) is 104 Å². The molecule has 0 aromatic carbocycles. The minimum Gasteiger partial charge on any atom is -0.393 e. The lowest BCUT2D eigenvalue weighted by atomic mass is 9.46. The van der Waals surface area contributed by atoms with E-state index in [2.05, 4.69) is 65.8 Å². The maximum Gasteiger partial charge on any atom is 0.0957 e. The molecule has 5 aliphatic rings. The first-order valence-corrected chi connectivity index (χ1v) is 12.8. The van der Waals surface area contributed by atoms with E-state index < -0.39 is 0 Å². The van der Waals surface area contributed by atoms with Gasteiger partial charge in [-0.1, -0.05) is 65.8 Å². The summed E-state index contributed by atoms with van der Waals surface area (Å²) in [4.78, 5) is 0. The predicted molar refractivity (Wildman–Crippen MR) is 123 cm³/mol. The fourth-order valence-electron chi connectivity index (χ4n) is 8.95. The van der Waals surface area contributed by atoms with Gasteiger partial charge < -0.3 is 9.84 Å². The zero-order chi connectivity index (χ0) is 21.5. The summed E-state index contributed by atoms with van der Waals surface area (Å²) in [5, 5.41) is 10.5. The highest BCUT2D eigenvalue weighted by molar-refractivity contribution is 5.38. The van der Waals surface area contributed by atoms with Gasteiger partial charge in [-0.2, -0.15) is 0 Å². The summed E-state index contributed by atoms with van der Waals surface area (Å²) in [6.45, 7) is 14.5. The maximum atomic E-state index is 10.5. The molecule has 168 valence electrons. The fourth-order valence-corrected chi connectivity index (χ4v) is 8.95. The molecule has 30 heavy (non-hydrogen) atoms. The van der Waals surface area contributed by atoms with Crippen LogP contribution in [0.3, 0.4) is 0 Å². The fraction of sp³-hybridized carbons (Fsp3) is 0.857. The van der Waals surface area contributed by atoms with Crippen molar-refractivity contribution in [2.75, 3.05) is 0 Å². The Bertz CT molecular complexity index is 754. The molecule has 0 aromatic rings. The zero-order valence-electron chi connectivity index (χ0n) is 20.2. The van der Waals surface area contributed by atoms with Gasteiger partial charge >= 0.3 is 0 Å². The summed E-state index contributed by atoms with van der Waals surface area (Å²) in [6.07, 6.45) is 17.8. The van der Waals surface area contributed by atoms with Gasteiger partial charge in [-0.05, 0) is 73.5 Å². The summed E-state index contributed by atoms with van der Waals surface area (Å²) in [6, 6.07) is 0. The average Bonchev–Trinajstić information content (AvgIpc) is 3.29. The first kappa shape index (κ1) is 21.3. The first-order valence-electron chi connectivity index (χ1n) is 12.8. The molecule has 2 nitrogen and oxygen atoms in total. The summed E-state index contributed by atoms with van der Waals surface area (Å²) in [5.41, 5.74) is 0.282. The number of hydrogen-bond donors (Lipinski definition) is 1. The van der Waals surface area contributed by atoms with Gasteiger partial charge in [0.2, 0.25) is 0 Å². The monoisotopic (exact) mass is 412 g/mol. The second-order valence-corrected chi connectivity index (χ2v) is 12.7. The Morgan fingerprint density at radius 2 is 1.70 bits per heavy atom. The Kier molecular flexibility index (Phi) is 4.75. The van der Waals surface area contributed by atoms with Gasteiger partial charge in [-0.25, -0.2) is 0 Å². The van der Waals surface area contributed by atoms with E-state index in [9.17, 15) is 5.11 Å².